The maximum absolute atomic E-state index is 14.2. The number of guanidine groups is 1. The number of esters is 1. The van der Waals surface area contributed by atoms with Gasteiger partial charge in [0.25, 0.3) is 5.96 Å². The molecule has 5 unspecified atom stereocenters. The normalized spacial score (nSPS) is 18.6. The van der Waals surface area contributed by atoms with Gasteiger partial charge in [-0.1, -0.05) is 70.4 Å². The molecule has 3 rings (SSSR count). The Balaban J connectivity index is 1.74. The molecule has 1 aromatic rings. The molecule has 2 aliphatic rings. The second-order valence-electron chi connectivity index (χ2n) is 14.7. The summed E-state index contributed by atoms with van der Waals surface area (Å²) in [6, 6.07) is 5.61. The summed E-state index contributed by atoms with van der Waals surface area (Å²) >= 11 is 0. The predicted octanol–water partition coefficient (Wildman–Crippen LogP) is 1.33. The highest BCUT2D eigenvalue weighted by Gasteiger charge is 2.44. The van der Waals surface area contributed by atoms with Gasteiger partial charge in [0.2, 0.25) is 23.6 Å². The van der Waals surface area contributed by atoms with E-state index in [1.807, 2.05) is 25.1 Å². The molecule has 0 spiro atoms. The lowest BCUT2D eigenvalue weighted by Crippen LogP contribution is -2.58. The number of benzene rings is 1. The van der Waals surface area contributed by atoms with Crippen LogP contribution in [-0.4, -0.2) is 107 Å². The van der Waals surface area contributed by atoms with Crippen molar-refractivity contribution in [1.82, 2.24) is 25.8 Å². The number of Topliss-reactive ketones (excluding diaryl/α,β-unsaturated/α-hetero) is 1. The predicted molar refractivity (Wildman–Crippen MR) is 207 cm³/mol. The van der Waals surface area contributed by atoms with Gasteiger partial charge in [-0.25, -0.2) is 10.1 Å². The van der Waals surface area contributed by atoms with Crippen molar-refractivity contribution in [2.24, 2.45) is 28.4 Å². The highest BCUT2D eigenvalue weighted by molar-refractivity contribution is 5.97. The molecule has 4 amide bonds. The summed E-state index contributed by atoms with van der Waals surface area (Å²) in [5, 5.41) is 20.8. The molecule has 0 radical (unpaired) electrons. The van der Waals surface area contributed by atoms with Crippen LogP contribution in [0, 0.1) is 22.0 Å². The molecule has 2 fully saturated rings. The summed E-state index contributed by atoms with van der Waals surface area (Å²) in [5.41, 5.74) is 11.7. The Morgan fingerprint density at radius 1 is 0.964 bits per heavy atom. The number of hydrogen-bond donors (Lipinski definition) is 5. The standard InChI is InChI=1S/C38H59N9O9/c1-4-5-7-16-28(42-34(50)33(25(2)3)43-32(49)23-39)35(51)46-21-12-18-30(46)36(52)45-20-11-17-29(45)31(48)22-27(15-10-19-41-38(40)44-47(54)55)37(53)56-24-26-13-8-6-9-14-26/h6,8-9,13-14,25,27-30,33H,4-5,7,10-12,15-24,39H2,1-3H3,(H,42,50)(H,43,49)(H3,40,41,44). The van der Waals surface area contributed by atoms with Crippen LogP contribution in [0.15, 0.2) is 35.4 Å². The number of nitrogens with one attached hydrogen (secondary N) is 3. The zero-order valence-electron chi connectivity index (χ0n) is 32.8. The molecule has 0 bridgehead atoms. The van der Waals surface area contributed by atoms with Crippen molar-refractivity contribution in [3.05, 3.63) is 46.0 Å². The zero-order valence-corrected chi connectivity index (χ0v) is 32.8. The first kappa shape index (κ1) is 45.3. The van der Waals surface area contributed by atoms with Crippen LogP contribution in [0.3, 0.4) is 0 Å². The molecule has 2 saturated heterocycles. The van der Waals surface area contributed by atoms with Crippen molar-refractivity contribution in [2.45, 2.75) is 122 Å². The van der Waals surface area contributed by atoms with E-state index in [4.69, 9.17) is 16.2 Å². The van der Waals surface area contributed by atoms with Crippen molar-refractivity contribution in [3.8, 4) is 0 Å². The van der Waals surface area contributed by atoms with Crippen molar-refractivity contribution in [3.63, 3.8) is 0 Å². The molecule has 0 aromatic heterocycles. The number of ketones is 1. The first-order chi connectivity index (χ1) is 26.8. The minimum absolute atomic E-state index is 0.00495. The number of carbonyl (C=O) groups excluding carboxylic acids is 6. The lowest BCUT2D eigenvalue weighted by Gasteiger charge is -2.33. The average molecular weight is 786 g/mol. The second kappa shape index (κ2) is 23.1. The molecule has 56 heavy (non-hydrogen) atoms. The molecule has 7 N–H and O–H groups in total. The number of nitro groups is 1. The van der Waals surface area contributed by atoms with E-state index in [0.717, 1.165) is 18.4 Å². The van der Waals surface area contributed by atoms with Gasteiger partial charge in [0.05, 0.1) is 18.5 Å². The molecule has 0 aliphatic carbocycles. The van der Waals surface area contributed by atoms with E-state index in [0.29, 0.717) is 58.0 Å². The van der Waals surface area contributed by atoms with Gasteiger partial charge in [0, 0.05) is 26.1 Å². The molecule has 2 aliphatic heterocycles. The third kappa shape index (κ3) is 13.9. The summed E-state index contributed by atoms with van der Waals surface area (Å²) in [5.74, 6) is -4.17. The van der Waals surface area contributed by atoms with Gasteiger partial charge in [-0.3, -0.25) is 28.8 Å². The Bertz CT molecular complexity index is 1540. The Labute approximate surface area is 328 Å². The van der Waals surface area contributed by atoms with E-state index in [1.165, 1.54) is 9.80 Å². The van der Waals surface area contributed by atoms with Gasteiger partial charge in [-0.05, 0) is 56.4 Å². The molecule has 18 nitrogen and oxygen atoms in total. The minimum atomic E-state index is -0.931. The maximum Gasteiger partial charge on any atom is 0.309 e. The number of nitrogens with two attached hydrogens (primary N) is 2. The smallest absolute Gasteiger partial charge is 0.309 e. The Morgan fingerprint density at radius 3 is 2.29 bits per heavy atom. The van der Waals surface area contributed by atoms with E-state index in [-0.39, 0.29) is 56.1 Å². The summed E-state index contributed by atoms with van der Waals surface area (Å²) in [6.07, 6.45) is 4.95. The number of amides is 4. The van der Waals surface area contributed by atoms with Crippen LogP contribution in [0.2, 0.25) is 0 Å². The van der Waals surface area contributed by atoms with Crippen LogP contribution < -0.4 is 27.4 Å². The third-order valence-corrected chi connectivity index (χ3v) is 10.1. The molecule has 2 heterocycles. The lowest BCUT2D eigenvalue weighted by molar-refractivity contribution is -0.485. The summed E-state index contributed by atoms with van der Waals surface area (Å²) in [4.78, 5) is 94.8. The second-order valence-corrected chi connectivity index (χ2v) is 14.7. The lowest BCUT2D eigenvalue weighted by atomic mass is 9.93. The number of carbonyl (C=O) groups is 6. The fraction of sp³-hybridized carbons (Fsp3) is 0.658. The van der Waals surface area contributed by atoms with Crippen LogP contribution in [0.5, 0.6) is 0 Å². The summed E-state index contributed by atoms with van der Waals surface area (Å²) < 4.78 is 5.59. The van der Waals surface area contributed by atoms with E-state index in [2.05, 4.69) is 21.1 Å². The molecule has 1 aromatic carbocycles. The van der Waals surface area contributed by atoms with Crippen LogP contribution in [0.4, 0.5) is 0 Å². The van der Waals surface area contributed by atoms with Crippen molar-refractivity contribution in [2.75, 3.05) is 26.2 Å². The highest BCUT2D eigenvalue weighted by atomic mass is 16.7. The van der Waals surface area contributed by atoms with Gasteiger partial charge in [-0.15, -0.1) is 0 Å². The van der Waals surface area contributed by atoms with Crippen LogP contribution >= 0.6 is 0 Å². The fourth-order valence-corrected chi connectivity index (χ4v) is 7.15. The zero-order chi connectivity index (χ0) is 41.2. The number of hydrogen-bond acceptors (Lipinski definition) is 10. The van der Waals surface area contributed by atoms with E-state index in [9.17, 15) is 38.9 Å². The molecular formula is C38H59N9O9. The van der Waals surface area contributed by atoms with E-state index >= 15 is 0 Å². The maximum atomic E-state index is 14.2. The quantitative estimate of drug-likeness (QED) is 0.0279. The Morgan fingerprint density at radius 2 is 1.64 bits per heavy atom. The molecular weight excluding hydrogens is 726 g/mol. The number of likely N-dealkylation sites (tertiary alicyclic amines) is 2. The summed E-state index contributed by atoms with van der Waals surface area (Å²) in [6.45, 7) is 6.06. The monoisotopic (exact) mass is 785 g/mol. The van der Waals surface area contributed by atoms with Crippen molar-refractivity contribution in [1.29, 1.82) is 0 Å². The van der Waals surface area contributed by atoms with Gasteiger partial charge in [0.1, 0.15) is 29.8 Å². The first-order valence-corrected chi connectivity index (χ1v) is 19.6. The molecule has 5 atom stereocenters. The van der Waals surface area contributed by atoms with Crippen molar-refractivity contribution >= 4 is 41.3 Å². The van der Waals surface area contributed by atoms with Crippen LogP contribution in [-0.2, 0) is 40.1 Å². The number of nitrogens with zero attached hydrogens (tertiary/aromatic N) is 4. The first-order valence-electron chi connectivity index (χ1n) is 19.6. The highest BCUT2D eigenvalue weighted by Crippen LogP contribution is 2.28. The third-order valence-electron chi connectivity index (χ3n) is 10.1. The topological polar surface area (TPSA) is 262 Å². The van der Waals surface area contributed by atoms with Gasteiger partial charge < -0.3 is 42.0 Å². The Hall–Kier alpha value is -5.13. The minimum Gasteiger partial charge on any atom is -0.461 e. The number of ether oxygens (including phenoxy) is 1. The molecule has 310 valence electrons. The molecule has 0 saturated carbocycles. The van der Waals surface area contributed by atoms with Crippen molar-refractivity contribution < 1.29 is 38.5 Å². The number of rotatable bonds is 22. The van der Waals surface area contributed by atoms with Gasteiger partial charge >= 0.3 is 5.97 Å². The van der Waals surface area contributed by atoms with Crippen LogP contribution in [0.25, 0.3) is 0 Å². The SMILES string of the molecule is CCCCCC(NC(=O)C(NC(=O)CN)C(C)C)C(=O)N1CCCC1C(=O)N1CCCC1C(=O)CC(CCCN/C(N)=N\[N+](=O)[O-])C(=O)OCc1ccccc1. The number of unbranched alkanes of at least 4 members (excludes halogenated alkanes) is 2. The number of hydrazone groups is 1. The van der Waals surface area contributed by atoms with E-state index < -0.39 is 58.8 Å². The largest absolute Gasteiger partial charge is 0.461 e. The Kier molecular flexibility index (Phi) is 18.6. The fourth-order valence-electron chi connectivity index (χ4n) is 7.15. The van der Waals surface area contributed by atoms with Gasteiger partial charge in [-0.2, -0.15) is 0 Å². The van der Waals surface area contributed by atoms with E-state index in [1.54, 1.807) is 26.0 Å². The van der Waals surface area contributed by atoms with Crippen LogP contribution in [0.1, 0.15) is 97.0 Å². The molecule has 18 heteroatoms. The van der Waals surface area contributed by atoms with Gasteiger partial charge in [0.15, 0.2) is 10.8 Å². The summed E-state index contributed by atoms with van der Waals surface area (Å²) in [7, 11) is 0. The average Bonchev–Trinajstić information content (AvgIpc) is 3.87.